The maximum atomic E-state index is 6.14. The first kappa shape index (κ1) is 12.9. The first-order valence-electron chi connectivity index (χ1n) is 6.36. The molecule has 1 aliphatic carbocycles. The highest BCUT2D eigenvalue weighted by Crippen LogP contribution is 2.30. The smallest absolute Gasteiger partial charge is 0.124 e. The van der Waals surface area contributed by atoms with Crippen LogP contribution in [0.2, 0.25) is 0 Å². The van der Waals surface area contributed by atoms with E-state index in [2.05, 4.69) is 22.9 Å². The van der Waals surface area contributed by atoms with Crippen molar-refractivity contribution in [3.05, 3.63) is 28.2 Å². The zero-order valence-corrected chi connectivity index (χ0v) is 11.9. The molecule has 1 saturated carbocycles. The van der Waals surface area contributed by atoms with Crippen LogP contribution in [0.5, 0.6) is 5.75 Å². The minimum absolute atomic E-state index is 0.357. The zero-order chi connectivity index (χ0) is 12.3. The van der Waals surface area contributed by atoms with E-state index in [4.69, 9.17) is 10.5 Å². The molecule has 94 valence electrons. The van der Waals surface area contributed by atoms with Crippen LogP contribution in [0.4, 0.5) is 0 Å². The number of rotatable bonds is 3. The number of hydrogen-bond acceptors (Lipinski definition) is 2. The van der Waals surface area contributed by atoms with Crippen LogP contribution < -0.4 is 10.5 Å². The molecule has 17 heavy (non-hydrogen) atoms. The van der Waals surface area contributed by atoms with Crippen LogP contribution in [0, 0.1) is 5.92 Å². The van der Waals surface area contributed by atoms with Gasteiger partial charge < -0.3 is 10.5 Å². The van der Waals surface area contributed by atoms with Gasteiger partial charge in [0.25, 0.3) is 0 Å². The van der Waals surface area contributed by atoms with Gasteiger partial charge >= 0.3 is 0 Å². The fraction of sp³-hybridized carbons (Fsp3) is 0.571. The highest BCUT2D eigenvalue weighted by Gasteiger charge is 2.23. The highest BCUT2D eigenvalue weighted by molar-refractivity contribution is 9.10. The van der Waals surface area contributed by atoms with Crippen LogP contribution in [-0.2, 0) is 6.54 Å². The van der Waals surface area contributed by atoms with Gasteiger partial charge in [0.15, 0.2) is 0 Å². The summed E-state index contributed by atoms with van der Waals surface area (Å²) in [4.78, 5) is 0. The lowest BCUT2D eigenvalue weighted by atomic mass is 9.88. The largest absolute Gasteiger partial charge is 0.490 e. The molecule has 0 spiro atoms. The van der Waals surface area contributed by atoms with E-state index in [1.807, 2.05) is 18.2 Å². The van der Waals surface area contributed by atoms with E-state index >= 15 is 0 Å². The van der Waals surface area contributed by atoms with E-state index in [0.717, 1.165) is 15.8 Å². The van der Waals surface area contributed by atoms with E-state index in [1.54, 1.807) is 0 Å². The number of hydrogen-bond donors (Lipinski definition) is 1. The van der Waals surface area contributed by atoms with Gasteiger partial charge in [-0.2, -0.15) is 0 Å². The molecule has 0 amide bonds. The predicted molar refractivity (Wildman–Crippen MR) is 74.1 cm³/mol. The standard InChI is InChI=1S/C14H20BrNO/c1-10-4-2-3-5-13(10)17-14-7-6-12(15)8-11(14)9-16/h6-8,10,13H,2-5,9,16H2,1H3. The molecule has 1 aliphatic rings. The summed E-state index contributed by atoms with van der Waals surface area (Å²) in [6, 6.07) is 6.08. The van der Waals surface area contributed by atoms with Crippen molar-refractivity contribution in [1.29, 1.82) is 0 Å². The number of benzene rings is 1. The topological polar surface area (TPSA) is 35.2 Å². The van der Waals surface area contributed by atoms with Gasteiger partial charge in [0, 0.05) is 16.6 Å². The fourth-order valence-electron chi connectivity index (χ4n) is 2.44. The summed E-state index contributed by atoms with van der Waals surface area (Å²) in [6.45, 7) is 2.81. The van der Waals surface area contributed by atoms with Gasteiger partial charge in [-0.3, -0.25) is 0 Å². The van der Waals surface area contributed by atoms with Crippen molar-refractivity contribution in [1.82, 2.24) is 0 Å². The van der Waals surface area contributed by atoms with E-state index in [-0.39, 0.29) is 0 Å². The van der Waals surface area contributed by atoms with Gasteiger partial charge in [0.1, 0.15) is 11.9 Å². The molecule has 1 aromatic carbocycles. The monoisotopic (exact) mass is 297 g/mol. The van der Waals surface area contributed by atoms with Crippen molar-refractivity contribution in [3.8, 4) is 5.75 Å². The summed E-state index contributed by atoms with van der Waals surface area (Å²) in [6.07, 6.45) is 5.42. The molecule has 3 heteroatoms. The number of halogens is 1. The Morgan fingerprint density at radius 1 is 1.35 bits per heavy atom. The van der Waals surface area contributed by atoms with Crippen molar-refractivity contribution in [2.45, 2.75) is 45.3 Å². The van der Waals surface area contributed by atoms with Gasteiger partial charge in [-0.15, -0.1) is 0 Å². The Labute approximate surface area is 112 Å². The lowest BCUT2D eigenvalue weighted by Gasteiger charge is -2.30. The Morgan fingerprint density at radius 3 is 2.82 bits per heavy atom. The van der Waals surface area contributed by atoms with E-state index in [0.29, 0.717) is 18.6 Å². The second-order valence-electron chi connectivity index (χ2n) is 4.87. The first-order valence-corrected chi connectivity index (χ1v) is 7.15. The van der Waals surface area contributed by atoms with Crippen LogP contribution in [0.15, 0.2) is 22.7 Å². The third-order valence-corrected chi connectivity index (χ3v) is 4.05. The average Bonchev–Trinajstić information content (AvgIpc) is 2.34. The molecule has 0 bridgehead atoms. The lowest BCUT2D eigenvalue weighted by Crippen LogP contribution is -2.28. The molecule has 0 aliphatic heterocycles. The van der Waals surface area contributed by atoms with E-state index in [1.165, 1.54) is 25.7 Å². The van der Waals surface area contributed by atoms with Gasteiger partial charge in [-0.1, -0.05) is 29.3 Å². The molecule has 0 heterocycles. The molecule has 1 fully saturated rings. The summed E-state index contributed by atoms with van der Waals surface area (Å²) in [5.74, 6) is 1.60. The quantitative estimate of drug-likeness (QED) is 0.919. The van der Waals surface area contributed by atoms with Crippen LogP contribution in [-0.4, -0.2) is 6.10 Å². The molecule has 0 aromatic heterocycles. The van der Waals surface area contributed by atoms with Gasteiger partial charge in [0.05, 0.1) is 0 Å². The molecular formula is C14H20BrNO. The second kappa shape index (κ2) is 5.87. The van der Waals surface area contributed by atoms with Crippen LogP contribution in [0.25, 0.3) is 0 Å². The van der Waals surface area contributed by atoms with Crippen molar-refractivity contribution in [2.24, 2.45) is 11.7 Å². The van der Waals surface area contributed by atoms with Crippen LogP contribution in [0.1, 0.15) is 38.2 Å². The van der Waals surface area contributed by atoms with Gasteiger partial charge in [0.2, 0.25) is 0 Å². The normalized spacial score (nSPS) is 24.6. The third-order valence-electron chi connectivity index (χ3n) is 3.55. The van der Waals surface area contributed by atoms with Crippen molar-refractivity contribution >= 4 is 15.9 Å². The Morgan fingerprint density at radius 2 is 2.12 bits per heavy atom. The maximum Gasteiger partial charge on any atom is 0.124 e. The molecule has 2 rings (SSSR count). The van der Waals surface area contributed by atoms with Crippen molar-refractivity contribution in [2.75, 3.05) is 0 Å². The lowest BCUT2D eigenvalue weighted by molar-refractivity contribution is 0.101. The summed E-state index contributed by atoms with van der Waals surface area (Å²) in [5, 5.41) is 0. The second-order valence-corrected chi connectivity index (χ2v) is 5.79. The van der Waals surface area contributed by atoms with Crippen molar-refractivity contribution < 1.29 is 4.74 Å². The van der Waals surface area contributed by atoms with Crippen LogP contribution >= 0.6 is 15.9 Å². The van der Waals surface area contributed by atoms with Crippen LogP contribution in [0.3, 0.4) is 0 Å². The molecule has 0 radical (unpaired) electrons. The Kier molecular flexibility index (Phi) is 4.46. The molecule has 2 nitrogen and oxygen atoms in total. The minimum atomic E-state index is 0.357. The van der Waals surface area contributed by atoms with Crippen molar-refractivity contribution in [3.63, 3.8) is 0 Å². The van der Waals surface area contributed by atoms with E-state index < -0.39 is 0 Å². The summed E-state index contributed by atoms with van der Waals surface area (Å²) in [5.41, 5.74) is 6.84. The molecule has 2 unspecified atom stereocenters. The molecular weight excluding hydrogens is 278 g/mol. The molecule has 2 atom stereocenters. The third kappa shape index (κ3) is 3.23. The fourth-order valence-corrected chi connectivity index (χ4v) is 2.85. The summed E-state index contributed by atoms with van der Waals surface area (Å²) >= 11 is 3.46. The summed E-state index contributed by atoms with van der Waals surface area (Å²) in [7, 11) is 0. The SMILES string of the molecule is CC1CCCCC1Oc1ccc(Br)cc1CN. The molecule has 1 aromatic rings. The minimum Gasteiger partial charge on any atom is -0.490 e. The number of nitrogens with two attached hydrogens (primary N) is 1. The molecule has 2 N–H and O–H groups in total. The Balaban J connectivity index is 2.11. The highest BCUT2D eigenvalue weighted by atomic mass is 79.9. The Bertz CT molecular complexity index is 380. The first-order chi connectivity index (χ1) is 8.20. The average molecular weight is 298 g/mol. The van der Waals surface area contributed by atoms with Gasteiger partial charge in [-0.05, 0) is 43.4 Å². The maximum absolute atomic E-state index is 6.14. The number of ether oxygens (including phenoxy) is 1. The van der Waals surface area contributed by atoms with Gasteiger partial charge in [-0.25, -0.2) is 0 Å². The summed E-state index contributed by atoms with van der Waals surface area (Å²) < 4.78 is 7.20. The Hall–Kier alpha value is -0.540. The predicted octanol–water partition coefficient (Wildman–Crippen LogP) is 3.87. The van der Waals surface area contributed by atoms with E-state index in [9.17, 15) is 0 Å². The molecule has 0 saturated heterocycles. The zero-order valence-electron chi connectivity index (χ0n) is 10.3.